The molecule has 0 saturated carbocycles. The van der Waals surface area contributed by atoms with Crippen LogP contribution in [0.25, 0.3) is 0 Å². The van der Waals surface area contributed by atoms with Crippen LogP contribution in [0.4, 0.5) is 27.5 Å². The molecule has 1 atom stereocenters. The maximum absolute atomic E-state index is 13.6. The van der Waals surface area contributed by atoms with Crippen LogP contribution in [0.15, 0.2) is 65.7 Å². The van der Waals surface area contributed by atoms with Gasteiger partial charge in [-0.25, -0.2) is 17.8 Å². The van der Waals surface area contributed by atoms with Crippen LogP contribution in [0, 0.1) is 5.82 Å². The first kappa shape index (κ1) is 29.9. The Morgan fingerprint density at radius 1 is 1.07 bits per heavy atom. The lowest BCUT2D eigenvalue weighted by atomic mass is 10.1. The highest BCUT2D eigenvalue weighted by molar-refractivity contribution is 7.89. The number of benzene rings is 2. The van der Waals surface area contributed by atoms with Gasteiger partial charge in [-0.05, 0) is 80.5 Å². The molecule has 0 radical (unpaired) electrons. The van der Waals surface area contributed by atoms with E-state index in [4.69, 9.17) is 15.2 Å². The summed E-state index contributed by atoms with van der Waals surface area (Å²) < 4.78 is 57.2. The first-order chi connectivity index (χ1) is 19.2. The Morgan fingerprint density at radius 3 is 2.38 bits per heavy atom. The summed E-state index contributed by atoms with van der Waals surface area (Å²) in [6.45, 7) is 2.32. The van der Waals surface area contributed by atoms with Gasteiger partial charge in [-0.2, -0.15) is 9.29 Å². The van der Waals surface area contributed by atoms with E-state index in [0.717, 1.165) is 0 Å². The van der Waals surface area contributed by atoms with Crippen LogP contribution in [-0.4, -0.2) is 77.9 Å². The number of rotatable bonds is 13. The van der Waals surface area contributed by atoms with Crippen molar-refractivity contribution in [3.8, 4) is 0 Å². The van der Waals surface area contributed by atoms with Gasteiger partial charge < -0.3 is 21.3 Å². The minimum Gasteiger partial charge on any atom is -0.340 e. The van der Waals surface area contributed by atoms with Gasteiger partial charge >= 0.3 is 8.25 Å². The Bertz CT molecular complexity index is 1380. The van der Waals surface area contributed by atoms with E-state index in [9.17, 15) is 17.4 Å². The highest BCUT2D eigenvalue weighted by Crippen LogP contribution is 2.26. The molecular formula is C25H32FN7O5PS+. The highest BCUT2D eigenvalue weighted by Gasteiger charge is 2.33. The lowest BCUT2D eigenvalue weighted by Crippen LogP contribution is -2.49. The Kier molecular flexibility index (Phi) is 10.5. The fraction of sp³-hybridized carbons (Fsp3) is 0.360. The Hall–Kier alpha value is -3.10. The maximum Gasteiger partial charge on any atom is 0.694 e. The molecule has 2 heterocycles. The van der Waals surface area contributed by atoms with Crippen molar-refractivity contribution in [2.24, 2.45) is 5.73 Å². The molecule has 1 saturated heterocycles. The molecule has 0 bridgehead atoms. The lowest BCUT2D eigenvalue weighted by Gasteiger charge is -2.37. The summed E-state index contributed by atoms with van der Waals surface area (Å²) in [6, 6.07) is 13.7. The first-order valence-electron chi connectivity index (χ1n) is 12.7. The number of aromatic nitrogens is 2. The van der Waals surface area contributed by atoms with Crippen molar-refractivity contribution in [3.05, 3.63) is 66.6 Å². The van der Waals surface area contributed by atoms with Crippen molar-refractivity contribution in [2.45, 2.75) is 23.8 Å². The minimum absolute atomic E-state index is 0.141. The largest absolute Gasteiger partial charge is 0.694 e. The standard InChI is InChI=1S/C25H31FN7O5PS/c26-19-1-3-20(4-2-19)29-24-9-13-28-25(31-24)30-21-5-7-23(8-6-21)40(36,37)33(16-12-27)22-10-14-32(15-11-22)17-18-38-39(34)35/h1-9,13,22H,10-12,14-18,27H2,(H2-,28,29,30,31,34,35)/p+1. The fourth-order valence-corrected chi connectivity index (χ4v) is 6.39. The van der Waals surface area contributed by atoms with Gasteiger partial charge in [-0.15, -0.1) is 9.42 Å². The monoisotopic (exact) mass is 592 g/mol. The van der Waals surface area contributed by atoms with E-state index in [2.05, 4.69) is 25.5 Å². The first-order valence-corrected chi connectivity index (χ1v) is 15.3. The van der Waals surface area contributed by atoms with Crippen LogP contribution in [0.1, 0.15) is 12.8 Å². The van der Waals surface area contributed by atoms with E-state index in [1.54, 1.807) is 36.5 Å². The molecule has 1 aromatic heterocycles. The van der Waals surface area contributed by atoms with E-state index in [0.29, 0.717) is 55.6 Å². The molecule has 1 aliphatic rings. The van der Waals surface area contributed by atoms with E-state index >= 15 is 0 Å². The van der Waals surface area contributed by atoms with Gasteiger partial charge in [0.15, 0.2) is 0 Å². The van der Waals surface area contributed by atoms with Gasteiger partial charge in [0.05, 0.1) is 4.90 Å². The summed E-state index contributed by atoms with van der Waals surface area (Å²) in [5.74, 6) is 0.470. The molecule has 1 unspecified atom stereocenters. The Labute approximate surface area is 233 Å². The molecule has 1 fully saturated rings. The zero-order valence-corrected chi connectivity index (χ0v) is 23.4. The van der Waals surface area contributed by atoms with Gasteiger partial charge in [0.2, 0.25) is 16.0 Å². The van der Waals surface area contributed by atoms with Crippen molar-refractivity contribution in [1.82, 2.24) is 19.2 Å². The van der Waals surface area contributed by atoms with Gasteiger partial charge in [0, 0.05) is 47.8 Å². The van der Waals surface area contributed by atoms with Crippen molar-refractivity contribution in [1.29, 1.82) is 0 Å². The molecule has 12 nitrogen and oxygen atoms in total. The van der Waals surface area contributed by atoms with E-state index in [1.807, 2.05) is 0 Å². The minimum atomic E-state index is -3.80. The molecule has 3 aromatic rings. The third-order valence-corrected chi connectivity index (χ3v) is 8.78. The molecule has 2 aromatic carbocycles. The van der Waals surface area contributed by atoms with Crippen molar-refractivity contribution < 1.29 is 26.8 Å². The second-order valence-electron chi connectivity index (χ2n) is 9.10. The normalized spacial score (nSPS) is 15.2. The number of halogens is 1. The number of anilines is 4. The van der Waals surface area contributed by atoms with Crippen molar-refractivity contribution in [2.75, 3.05) is 50.0 Å². The number of nitrogens with zero attached hydrogens (tertiary/aromatic N) is 4. The number of nitrogens with two attached hydrogens (primary N) is 1. The molecule has 1 aliphatic heterocycles. The average Bonchev–Trinajstić information content (AvgIpc) is 2.94. The zero-order chi connectivity index (χ0) is 28.5. The summed E-state index contributed by atoms with van der Waals surface area (Å²) in [5, 5.41) is 6.14. The molecule has 0 amide bonds. The fourth-order valence-electron chi connectivity index (χ4n) is 4.45. The lowest BCUT2D eigenvalue weighted by molar-refractivity contribution is 0.138. The molecule has 0 spiro atoms. The van der Waals surface area contributed by atoms with E-state index < -0.39 is 18.3 Å². The van der Waals surface area contributed by atoms with Crippen molar-refractivity contribution >= 4 is 41.4 Å². The molecule has 4 rings (SSSR count). The Balaban J connectivity index is 1.38. The summed E-state index contributed by atoms with van der Waals surface area (Å²) in [6.07, 6.45) is 2.80. The van der Waals surface area contributed by atoms with Crippen LogP contribution < -0.4 is 16.4 Å². The van der Waals surface area contributed by atoms with Crippen LogP contribution in [0.5, 0.6) is 0 Å². The maximum atomic E-state index is 13.6. The van der Waals surface area contributed by atoms with Gasteiger partial charge in [-0.1, -0.05) is 0 Å². The molecule has 15 heteroatoms. The van der Waals surface area contributed by atoms with Gasteiger partial charge in [0.1, 0.15) is 18.2 Å². The summed E-state index contributed by atoms with van der Waals surface area (Å²) in [4.78, 5) is 19.6. The SMILES string of the molecule is NCCN(C1CCN(CCO[P+](=O)O)CC1)S(=O)(=O)c1ccc(Nc2nccc(Nc3ccc(F)cc3)n2)cc1. The number of nitrogens with one attached hydrogen (secondary N) is 2. The van der Waals surface area contributed by atoms with Crippen LogP contribution in [-0.2, 0) is 19.1 Å². The van der Waals surface area contributed by atoms with Crippen LogP contribution in [0.2, 0.25) is 0 Å². The molecule has 0 aliphatic carbocycles. The average molecular weight is 593 g/mol. The zero-order valence-electron chi connectivity index (χ0n) is 21.7. The third-order valence-electron chi connectivity index (χ3n) is 6.41. The van der Waals surface area contributed by atoms with Crippen molar-refractivity contribution in [3.63, 3.8) is 0 Å². The number of hydrogen-bond acceptors (Lipinski definition) is 10. The summed E-state index contributed by atoms with van der Waals surface area (Å²) in [5.41, 5.74) is 7.05. The quantitative estimate of drug-likeness (QED) is 0.216. The highest BCUT2D eigenvalue weighted by atomic mass is 32.2. The molecule has 40 heavy (non-hydrogen) atoms. The van der Waals surface area contributed by atoms with Crippen LogP contribution >= 0.6 is 8.25 Å². The van der Waals surface area contributed by atoms with E-state index in [1.165, 1.54) is 28.6 Å². The predicted octanol–water partition coefficient (Wildman–Crippen LogP) is 3.18. The second kappa shape index (κ2) is 14.0. The Morgan fingerprint density at radius 2 is 1.73 bits per heavy atom. The second-order valence-corrected chi connectivity index (χ2v) is 11.7. The van der Waals surface area contributed by atoms with Gasteiger partial charge in [0.25, 0.3) is 0 Å². The molecule has 214 valence electrons. The summed E-state index contributed by atoms with van der Waals surface area (Å²) >= 11 is 0. The van der Waals surface area contributed by atoms with Gasteiger partial charge in [-0.3, -0.25) is 0 Å². The number of hydrogen-bond donors (Lipinski definition) is 4. The third kappa shape index (κ3) is 8.21. The predicted molar refractivity (Wildman–Crippen MR) is 150 cm³/mol. The molecule has 5 N–H and O–H groups in total. The topological polar surface area (TPSA) is 163 Å². The van der Waals surface area contributed by atoms with Crippen LogP contribution in [0.3, 0.4) is 0 Å². The smallest absolute Gasteiger partial charge is 0.340 e. The number of likely N-dealkylation sites (tertiary alicyclic amines) is 1. The molecular weight excluding hydrogens is 560 g/mol. The number of piperidine rings is 1. The number of sulfonamides is 1. The van der Waals surface area contributed by atoms with E-state index in [-0.39, 0.29) is 36.5 Å². The summed E-state index contributed by atoms with van der Waals surface area (Å²) in [7, 11) is -6.42.